The lowest BCUT2D eigenvalue weighted by atomic mass is 10.0. The van der Waals surface area contributed by atoms with E-state index in [0.717, 1.165) is 63.7 Å². The summed E-state index contributed by atoms with van der Waals surface area (Å²) in [5, 5.41) is 0. The van der Waals surface area contributed by atoms with E-state index >= 15 is 0 Å². The number of hydrogen-bond donors (Lipinski definition) is 0. The molecule has 0 fully saturated rings. The highest BCUT2D eigenvalue weighted by molar-refractivity contribution is 5.71. The summed E-state index contributed by atoms with van der Waals surface area (Å²) in [5.74, 6) is -0.0167. The molecule has 1 atom stereocenters. The first kappa shape index (κ1) is 57.4. The van der Waals surface area contributed by atoms with Crippen molar-refractivity contribution in [3.63, 3.8) is 0 Å². The monoisotopic (exact) mass is 835 g/mol. The summed E-state index contributed by atoms with van der Waals surface area (Å²) >= 11 is 0. The second-order valence-electron chi connectivity index (χ2n) is 18.6. The minimum absolute atomic E-state index is 0.0626. The summed E-state index contributed by atoms with van der Waals surface area (Å²) < 4.78 is 16.8. The lowest BCUT2D eigenvalue weighted by Crippen LogP contribution is -2.30. The third-order valence-electron chi connectivity index (χ3n) is 12.0. The van der Waals surface area contributed by atoms with Gasteiger partial charge in [-0.3, -0.25) is 14.4 Å². The Hall–Kier alpha value is -1.59. The quantitative estimate of drug-likeness (QED) is 0.0345. The normalized spacial score (nSPS) is 11.9. The van der Waals surface area contributed by atoms with Crippen molar-refractivity contribution in [2.45, 2.75) is 303 Å². The van der Waals surface area contributed by atoms with E-state index in [2.05, 4.69) is 27.7 Å². The van der Waals surface area contributed by atoms with Crippen LogP contribution in [-0.2, 0) is 28.6 Å². The molecule has 6 nitrogen and oxygen atoms in total. The zero-order valence-corrected chi connectivity index (χ0v) is 40.2. The second-order valence-corrected chi connectivity index (χ2v) is 18.6. The lowest BCUT2D eigenvalue weighted by molar-refractivity contribution is -0.167. The van der Waals surface area contributed by atoms with Gasteiger partial charge in [-0.1, -0.05) is 259 Å². The lowest BCUT2D eigenvalue weighted by Gasteiger charge is -2.18. The highest BCUT2D eigenvalue weighted by Gasteiger charge is 2.19. The van der Waals surface area contributed by atoms with E-state index in [1.165, 1.54) is 193 Å². The maximum absolute atomic E-state index is 12.8. The Kier molecular flexibility index (Phi) is 46.2. The first-order valence-corrected chi connectivity index (χ1v) is 26.4. The van der Waals surface area contributed by atoms with Crippen LogP contribution in [0.5, 0.6) is 0 Å². The van der Waals surface area contributed by atoms with E-state index in [4.69, 9.17) is 14.2 Å². The minimum Gasteiger partial charge on any atom is -0.462 e. The van der Waals surface area contributed by atoms with Crippen LogP contribution in [0.3, 0.4) is 0 Å². The number of carbonyl (C=O) groups excluding carboxylic acids is 3. The van der Waals surface area contributed by atoms with Crippen molar-refractivity contribution >= 4 is 17.9 Å². The summed E-state index contributed by atoms with van der Waals surface area (Å²) in [6.45, 7) is 9.02. The number of unbranched alkanes of at least 4 members (excludes halogenated alkanes) is 35. The third-order valence-corrected chi connectivity index (χ3v) is 12.0. The van der Waals surface area contributed by atoms with Gasteiger partial charge in [-0.15, -0.1) is 0 Å². The molecule has 0 saturated carbocycles. The predicted molar refractivity (Wildman–Crippen MR) is 252 cm³/mol. The summed E-state index contributed by atoms with van der Waals surface area (Å²) in [6.07, 6.45) is 49.4. The molecule has 0 aromatic rings. The molecule has 0 rings (SSSR count). The van der Waals surface area contributed by atoms with Crippen LogP contribution in [0.15, 0.2) is 0 Å². The summed E-state index contributed by atoms with van der Waals surface area (Å²) in [6, 6.07) is 0. The van der Waals surface area contributed by atoms with Gasteiger partial charge in [0.05, 0.1) is 0 Å². The molecular formula is C53H102O6. The van der Waals surface area contributed by atoms with Crippen molar-refractivity contribution in [3.8, 4) is 0 Å². The van der Waals surface area contributed by atoms with E-state index in [-0.39, 0.29) is 31.1 Å². The molecule has 6 heteroatoms. The van der Waals surface area contributed by atoms with E-state index < -0.39 is 6.10 Å². The molecule has 59 heavy (non-hydrogen) atoms. The van der Waals surface area contributed by atoms with Gasteiger partial charge in [-0.05, 0) is 25.2 Å². The smallest absolute Gasteiger partial charge is 0.306 e. The molecular weight excluding hydrogens is 733 g/mol. The summed E-state index contributed by atoms with van der Waals surface area (Å²) in [4.78, 5) is 37.9. The molecule has 350 valence electrons. The van der Waals surface area contributed by atoms with E-state index in [1.807, 2.05) is 0 Å². The standard InChI is InChI=1S/C53H102O6/c1-5-7-9-11-13-15-17-18-19-20-21-25-28-32-36-40-44-51(54)57-47-50(59-53(56)46-42-38-34-30-23-16-14-12-10-8-6-2)48-58-52(55)45-41-37-33-29-26-22-24-27-31-35-39-43-49(3)4/h49-50H,5-48H2,1-4H3/t50-/m0/s1. The number of esters is 3. The first-order valence-electron chi connectivity index (χ1n) is 26.4. The number of hydrogen-bond acceptors (Lipinski definition) is 6. The summed E-state index contributed by atoms with van der Waals surface area (Å²) in [5.41, 5.74) is 0. The highest BCUT2D eigenvalue weighted by atomic mass is 16.6. The number of rotatable bonds is 48. The Morgan fingerprint density at radius 3 is 0.831 bits per heavy atom. The van der Waals surface area contributed by atoms with Crippen LogP contribution in [0.2, 0.25) is 0 Å². The Morgan fingerprint density at radius 1 is 0.322 bits per heavy atom. The molecule has 0 saturated heterocycles. The van der Waals surface area contributed by atoms with E-state index in [9.17, 15) is 14.4 Å². The van der Waals surface area contributed by atoms with Crippen LogP contribution in [-0.4, -0.2) is 37.2 Å². The van der Waals surface area contributed by atoms with Gasteiger partial charge in [0, 0.05) is 19.3 Å². The van der Waals surface area contributed by atoms with Gasteiger partial charge >= 0.3 is 17.9 Å². The van der Waals surface area contributed by atoms with Crippen molar-refractivity contribution in [1.82, 2.24) is 0 Å². The SMILES string of the molecule is CCCCCCCCCCCCCCCCCCC(=O)OC[C@@H](COC(=O)CCCCCCCCCCCCCC(C)C)OC(=O)CCCCCCCCCCCCC. The van der Waals surface area contributed by atoms with Gasteiger partial charge in [0.2, 0.25) is 0 Å². The molecule has 0 aliphatic heterocycles. The van der Waals surface area contributed by atoms with Crippen LogP contribution in [0.4, 0.5) is 0 Å². The topological polar surface area (TPSA) is 78.9 Å². The molecule has 0 bridgehead atoms. The number of carbonyl (C=O) groups is 3. The van der Waals surface area contributed by atoms with Crippen molar-refractivity contribution in [2.24, 2.45) is 5.92 Å². The largest absolute Gasteiger partial charge is 0.462 e. The number of ether oxygens (including phenoxy) is 3. The van der Waals surface area contributed by atoms with Crippen LogP contribution in [0, 0.1) is 5.92 Å². The fourth-order valence-corrected chi connectivity index (χ4v) is 8.04. The van der Waals surface area contributed by atoms with Gasteiger partial charge < -0.3 is 14.2 Å². The molecule has 0 radical (unpaired) electrons. The molecule has 0 aliphatic carbocycles. The van der Waals surface area contributed by atoms with Crippen molar-refractivity contribution in [2.75, 3.05) is 13.2 Å². The zero-order valence-electron chi connectivity index (χ0n) is 40.2. The fraction of sp³-hybridized carbons (Fsp3) is 0.943. The van der Waals surface area contributed by atoms with Gasteiger partial charge in [-0.2, -0.15) is 0 Å². The third kappa shape index (κ3) is 47.3. The molecule has 0 aliphatic rings. The maximum Gasteiger partial charge on any atom is 0.306 e. The molecule has 0 aromatic carbocycles. The van der Waals surface area contributed by atoms with Crippen LogP contribution < -0.4 is 0 Å². The van der Waals surface area contributed by atoms with Crippen molar-refractivity contribution < 1.29 is 28.6 Å². The first-order chi connectivity index (χ1) is 28.9. The molecule has 0 amide bonds. The van der Waals surface area contributed by atoms with E-state index in [0.29, 0.717) is 19.3 Å². The Labute approximate surface area is 368 Å². The van der Waals surface area contributed by atoms with Crippen LogP contribution in [0.25, 0.3) is 0 Å². The average molecular weight is 835 g/mol. The molecule has 0 N–H and O–H groups in total. The van der Waals surface area contributed by atoms with Crippen molar-refractivity contribution in [1.29, 1.82) is 0 Å². The highest BCUT2D eigenvalue weighted by Crippen LogP contribution is 2.17. The molecule has 0 heterocycles. The Morgan fingerprint density at radius 2 is 0.559 bits per heavy atom. The molecule has 0 unspecified atom stereocenters. The van der Waals surface area contributed by atoms with Gasteiger partial charge in [0.15, 0.2) is 6.10 Å². The van der Waals surface area contributed by atoms with Crippen LogP contribution in [0.1, 0.15) is 297 Å². The summed E-state index contributed by atoms with van der Waals surface area (Å²) in [7, 11) is 0. The van der Waals surface area contributed by atoms with Gasteiger partial charge in [0.1, 0.15) is 13.2 Å². The van der Waals surface area contributed by atoms with Gasteiger partial charge in [0.25, 0.3) is 0 Å². The van der Waals surface area contributed by atoms with Gasteiger partial charge in [-0.25, -0.2) is 0 Å². The minimum atomic E-state index is -0.760. The second kappa shape index (κ2) is 47.5. The molecule has 0 aromatic heterocycles. The van der Waals surface area contributed by atoms with Crippen molar-refractivity contribution in [3.05, 3.63) is 0 Å². The Bertz CT molecular complexity index is 887. The predicted octanol–water partition coefficient (Wildman–Crippen LogP) is 17.1. The average Bonchev–Trinajstić information content (AvgIpc) is 3.22. The zero-order chi connectivity index (χ0) is 43.1. The Balaban J connectivity index is 4.28. The van der Waals surface area contributed by atoms with Crippen LogP contribution >= 0.6 is 0 Å². The maximum atomic E-state index is 12.8. The molecule has 0 spiro atoms. The van der Waals surface area contributed by atoms with E-state index in [1.54, 1.807) is 0 Å². The fourth-order valence-electron chi connectivity index (χ4n) is 8.04.